The number of rotatable bonds is 3. The van der Waals surface area contributed by atoms with Gasteiger partial charge in [0.25, 0.3) is 5.91 Å². The van der Waals surface area contributed by atoms with E-state index in [0.717, 1.165) is 25.0 Å². The van der Waals surface area contributed by atoms with Crippen LogP contribution in [0.5, 0.6) is 0 Å². The average Bonchev–Trinajstić information content (AvgIpc) is 2.45. The van der Waals surface area contributed by atoms with Crippen molar-refractivity contribution in [2.45, 2.75) is 40.0 Å². The molecule has 1 aromatic rings. The highest BCUT2D eigenvalue weighted by molar-refractivity contribution is 5.93. The Morgan fingerprint density at radius 3 is 2.55 bits per heavy atom. The Bertz CT molecular complexity index is 488. The highest BCUT2D eigenvalue weighted by Crippen LogP contribution is 2.36. The number of hydrogen-bond acceptors (Lipinski definition) is 3. The standard InChI is InChI=1S/C16H23N3O/c1-16(2,3)13-4-6-14(7-5-13)18-19-15(20)12-8-10-17-11-9-12/h6,8-11,13,18H,4-5,7H2,1-3H3,(H,19,20). The smallest absolute Gasteiger partial charge is 0.269 e. The van der Waals surface area contributed by atoms with Crippen LogP contribution in [0.3, 0.4) is 0 Å². The molecule has 0 aromatic carbocycles. The zero-order chi connectivity index (χ0) is 14.6. The van der Waals surface area contributed by atoms with Gasteiger partial charge in [-0.3, -0.25) is 15.2 Å². The molecule has 2 rings (SSSR count). The maximum Gasteiger partial charge on any atom is 0.269 e. The molecule has 1 unspecified atom stereocenters. The maximum atomic E-state index is 11.9. The molecule has 0 spiro atoms. The summed E-state index contributed by atoms with van der Waals surface area (Å²) in [5.41, 5.74) is 7.83. The molecule has 1 aromatic heterocycles. The minimum absolute atomic E-state index is 0.133. The van der Waals surface area contributed by atoms with Gasteiger partial charge in [0.2, 0.25) is 0 Å². The van der Waals surface area contributed by atoms with Crippen LogP contribution in [0.25, 0.3) is 0 Å². The molecule has 0 saturated heterocycles. The van der Waals surface area contributed by atoms with E-state index < -0.39 is 0 Å². The predicted octanol–water partition coefficient (Wildman–Crippen LogP) is 3.05. The Kier molecular flexibility index (Phi) is 4.42. The summed E-state index contributed by atoms with van der Waals surface area (Å²) in [5, 5.41) is 0. The fourth-order valence-electron chi connectivity index (χ4n) is 2.45. The number of nitrogens with zero attached hydrogens (tertiary/aromatic N) is 1. The van der Waals surface area contributed by atoms with Crippen molar-refractivity contribution in [3.63, 3.8) is 0 Å². The molecule has 1 amide bonds. The summed E-state index contributed by atoms with van der Waals surface area (Å²) < 4.78 is 0. The second-order valence-electron chi connectivity index (χ2n) is 6.38. The van der Waals surface area contributed by atoms with Gasteiger partial charge in [-0.25, -0.2) is 0 Å². The Morgan fingerprint density at radius 2 is 2.00 bits per heavy atom. The van der Waals surface area contributed by atoms with Crippen LogP contribution in [0.1, 0.15) is 50.4 Å². The fraction of sp³-hybridized carbons (Fsp3) is 0.500. The minimum atomic E-state index is -0.133. The molecule has 1 aliphatic rings. The van der Waals surface area contributed by atoms with E-state index in [1.807, 2.05) is 0 Å². The molecule has 1 heterocycles. The van der Waals surface area contributed by atoms with Crippen molar-refractivity contribution in [1.82, 2.24) is 15.8 Å². The second kappa shape index (κ2) is 6.07. The number of aromatic nitrogens is 1. The summed E-state index contributed by atoms with van der Waals surface area (Å²) in [6.45, 7) is 6.86. The maximum absolute atomic E-state index is 11.9. The van der Waals surface area contributed by atoms with Crippen LogP contribution in [0, 0.1) is 11.3 Å². The van der Waals surface area contributed by atoms with E-state index in [2.05, 4.69) is 42.7 Å². The van der Waals surface area contributed by atoms with Gasteiger partial charge >= 0.3 is 0 Å². The fourth-order valence-corrected chi connectivity index (χ4v) is 2.45. The first-order valence-electron chi connectivity index (χ1n) is 7.12. The first-order chi connectivity index (χ1) is 9.47. The summed E-state index contributed by atoms with van der Waals surface area (Å²) in [5.74, 6) is 0.579. The van der Waals surface area contributed by atoms with Gasteiger partial charge in [0.15, 0.2) is 0 Å². The van der Waals surface area contributed by atoms with Gasteiger partial charge in [0.1, 0.15) is 0 Å². The molecule has 2 N–H and O–H groups in total. The van der Waals surface area contributed by atoms with Gasteiger partial charge in [-0.1, -0.05) is 26.8 Å². The first-order valence-corrected chi connectivity index (χ1v) is 7.12. The van der Waals surface area contributed by atoms with Gasteiger partial charge in [0, 0.05) is 23.7 Å². The van der Waals surface area contributed by atoms with E-state index in [0.29, 0.717) is 16.9 Å². The van der Waals surface area contributed by atoms with E-state index in [1.54, 1.807) is 24.5 Å². The molecule has 4 heteroatoms. The van der Waals surface area contributed by atoms with Crippen LogP contribution >= 0.6 is 0 Å². The van der Waals surface area contributed by atoms with Crippen LogP contribution in [0.15, 0.2) is 36.3 Å². The van der Waals surface area contributed by atoms with Crippen molar-refractivity contribution in [3.05, 3.63) is 41.9 Å². The lowest BCUT2D eigenvalue weighted by Gasteiger charge is -2.33. The van der Waals surface area contributed by atoms with Crippen molar-refractivity contribution in [2.75, 3.05) is 0 Å². The molecule has 108 valence electrons. The predicted molar refractivity (Wildman–Crippen MR) is 79.7 cm³/mol. The lowest BCUT2D eigenvalue weighted by Crippen LogP contribution is -2.38. The Labute approximate surface area is 120 Å². The molecular formula is C16H23N3O. The summed E-state index contributed by atoms with van der Waals surface area (Å²) in [6, 6.07) is 3.39. The lowest BCUT2D eigenvalue weighted by molar-refractivity contribution is 0.0936. The number of hydrogen-bond donors (Lipinski definition) is 2. The first kappa shape index (κ1) is 14.6. The van der Waals surface area contributed by atoms with E-state index in [1.165, 1.54) is 0 Å². The molecule has 1 aliphatic carbocycles. The highest BCUT2D eigenvalue weighted by Gasteiger charge is 2.26. The number of carbonyl (C=O) groups is 1. The Hall–Kier alpha value is -1.84. The molecule has 0 bridgehead atoms. The van der Waals surface area contributed by atoms with E-state index in [9.17, 15) is 4.79 Å². The van der Waals surface area contributed by atoms with Crippen molar-refractivity contribution in [1.29, 1.82) is 0 Å². The van der Waals surface area contributed by atoms with E-state index in [-0.39, 0.29) is 5.91 Å². The summed E-state index contributed by atoms with van der Waals surface area (Å²) in [7, 11) is 0. The molecule has 20 heavy (non-hydrogen) atoms. The van der Waals surface area contributed by atoms with Crippen LogP contribution in [0.2, 0.25) is 0 Å². The van der Waals surface area contributed by atoms with Gasteiger partial charge in [-0.15, -0.1) is 0 Å². The summed E-state index contributed by atoms with van der Waals surface area (Å²) >= 11 is 0. The zero-order valence-corrected chi connectivity index (χ0v) is 12.4. The van der Waals surface area contributed by atoms with Gasteiger partial charge in [0.05, 0.1) is 0 Å². The van der Waals surface area contributed by atoms with Crippen LogP contribution in [0.4, 0.5) is 0 Å². The highest BCUT2D eigenvalue weighted by atomic mass is 16.2. The molecule has 0 saturated carbocycles. The normalized spacial score (nSPS) is 19.1. The molecule has 4 nitrogen and oxygen atoms in total. The van der Waals surface area contributed by atoms with Gasteiger partial charge < -0.3 is 5.43 Å². The largest absolute Gasteiger partial charge is 0.303 e. The molecular weight excluding hydrogens is 250 g/mol. The average molecular weight is 273 g/mol. The third-order valence-corrected chi connectivity index (χ3v) is 3.91. The van der Waals surface area contributed by atoms with Crippen molar-refractivity contribution >= 4 is 5.91 Å². The minimum Gasteiger partial charge on any atom is -0.303 e. The van der Waals surface area contributed by atoms with Crippen molar-refractivity contribution in [2.24, 2.45) is 11.3 Å². The van der Waals surface area contributed by atoms with Crippen LogP contribution in [-0.2, 0) is 0 Å². The SMILES string of the molecule is CC(C)(C)C1CC=C(NNC(=O)c2ccncc2)CC1. The number of nitrogens with one attached hydrogen (secondary N) is 2. The third-order valence-electron chi connectivity index (χ3n) is 3.91. The number of amides is 1. The number of pyridine rings is 1. The number of carbonyl (C=O) groups excluding carboxylic acids is 1. The van der Waals surface area contributed by atoms with E-state index in [4.69, 9.17) is 0 Å². The zero-order valence-electron chi connectivity index (χ0n) is 12.4. The van der Waals surface area contributed by atoms with Crippen molar-refractivity contribution in [3.8, 4) is 0 Å². The Morgan fingerprint density at radius 1 is 1.30 bits per heavy atom. The Balaban J connectivity index is 1.84. The van der Waals surface area contributed by atoms with Crippen LogP contribution in [-0.4, -0.2) is 10.9 Å². The van der Waals surface area contributed by atoms with Crippen LogP contribution < -0.4 is 10.9 Å². The molecule has 1 atom stereocenters. The number of hydrazine groups is 1. The topological polar surface area (TPSA) is 54.0 Å². The third kappa shape index (κ3) is 3.83. The van der Waals surface area contributed by atoms with Crippen molar-refractivity contribution < 1.29 is 4.79 Å². The van der Waals surface area contributed by atoms with E-state index >= 15 is 0 Å². The van der Waals surface area contributed by atoms with Gasteiger partial charge in [-0.05, 0) is 42.7 Å². The lowest BCUT2D eigenvalue weighted by atomic mass is 9.74. The second-order valence-corrected chi connectivity index (χ2v) is 6.38. The molecule has 0 radical (unpaired) electrons. The monoisotopic (exact) mass is 273 g/mol. The number of allylic oxidation sites excluding steroid dienone is 2. The molecule has 0 aliphatic heterocycles. The summed E-state index contributed by atoms with van der Waals surface area (Å²) in [4.78, 5) is 15.8. The summed E-state index contributed by atoms with van der Waals surface area (Å²) in [6.07, 6.45) is 8.64. The quantitative estimate of drug-likeness (QED) is 0.832. The van der Waals surface area contributed by atoms with Gasteiger partial charge in [-0.2, -0.15) is 0 Å². The molecule has 0 fully saturated rings.